The molecule has 1 heterocycles. The first-order valence-electron chi connectivity index (χ1n) is 6.01. The van der Waals surface area contributed by atoms with E-state index in [4.69, 9.17) is 0 Å². The number of hydrogen-bond acceptors (Lipinski definition) is 4. The normalized spacial score (nSPS) is 16.4. The van der Waals surface area contributed by atoms with E-state index in [-0.39, 0.29) is 0 Å². The Morgan fingerprint density at radius 3 is 2.78 bits per heavy atom. The molecule has 0 atom stereocenters. The maximum absolute atomic E-state index is 12.0. The standard InChI is InChI=1S/C11H17BrN2O2S2/c1-2-14(9-3-4-9)7-6-13-18(15,16)11-10(12)5-8-17-11/h5,8-9,13H,2-4,6-7H2,1H3. The van der Waals surface area contributed by atoms with Gasteiger partial charge in [-0.05, 0) is 46.8 Å². The van der Waals surface area contributed by atoms with Gasteiger partial charge in [-0.3, -0.25) is 4.90 Å². The number of thiophene rings is 1. The number of nitrogens with zero attached hydrogens (tertiary/aromatic N) is 1. The molecule has 1 aromatic rings. The Labute approximate surface area is 121 Å². The Balaban J connectivity index is 1.87. The van der Waals surface area contributed by atoms with Gasteiger partial charge in [0.05, 0.1) is 0 Å². The van der Waals surface area contributed by atoms with Gasteiger partial charge in [-0.15, -0.1) is 11.3 Å². The topological polar surface area (TPSA) is 49.4 Å². The summed E-state index contributed by atoms with van der Waals surface area (Å²) in [4.78, 5) is 2.33. The van der Waals surface area contributed by atoms with Crippen molar-refractivity contribution in [3.05, 3.63) is 15.9 Å². The highest BCUT2D eigenvalue weighted by Crippen LogP contribution is 2.28. The Kier molecular flexibility index (Phi) is 4.82. The fourth-order valence-corrected chi connectivity index (χ4v) is 5.30. The fourth-order valence-electron chi connectivity index (χ4n) is 1.90. The van der Waals surface area contributed by atoms with Crippen molar-refractivity contribution >= 4 is 37.3 Å². The monoisotopic (exact) mass is 352 g/mol. The zero-order chi connectivity index (χ0) is 13.2. The van der Waals surface area contributed by atoms with Crippen LogP contribution in [0.3, 0.4) is 0 Å². The molecule has 18 heavy (non-hydrogen) atoms. The molecule has 0 spiro atoms. The van der Waals surface area contributed by atoms with E-state index >= 15 is 0 Å². The highest BCUT2D eigenvalue weighted by molar-refractivity contribution is 9.10. The van der Waals surface area contributed by atoms with Crippen molar-refractivity contribution in [2.75, 3.05) is 19.6 Å². The quantitative estimate of drug-likeness (QED) is 0.818. The van der Waals surface area contributed by atoms with Crippen molar-refractivity contribution in [1.82, 2.24) is 9.62 Å². The van der Waals surface area contributed by atoms with Crippen LogP contribution in [0.25, 0.3) is 0 Å². The molecule has 7 heteroatoms. The molecule has 0 unspecified atom stereocenters. The molecule has 1 N–H and O–H groups in total. The summed E-state index contributed by atoms with van der Waals surface area (Å²) in [5, 5.41) is 1.77. The van der Waals surface area contributed by atoms with Gasteiger partial charge in [0.1, 0.15) is 4.21 Å². The minimum Gasteiger partial charge on any atom is -0.299 e. The molecule has 1 aliphatic rings. The summed E-state index contributed by atoms with van der Waals surface area (Å²) < 4.78 is 27.7. The summed E-state index contributed by atoms with van der Waals surface area (Å²) >= 11 is 4.48. The molecule has 2 rings (SSSR count). The molecule has 1 aliphatic carbocycles. The summed E-state index contributed by atoms with van der Waals surface area (Å²) in [7, 11) is -3.36. The molecule has 0 bridgehead atoms. The average molecular weight is 353 g/mol. The largest absolute Gasteiger partial charge is 0.299 e. The molecule has 4 nitrogen and oxygen atoms in total. The first kappa shape index (κ1) is 14.5. The van der Waals surface area contributed by atoms with E-state index in [1.54, 1.807) is 11.4 Å². The van der Waals surface area contributed by atoms with Crippen LogP contribution in [-0.4, -0.2) is 39.0 Å². The lowest BCUT2D eigenvalue weighted by Crippen LogP contribution is -2.35. The van der Waals surface area contributed by atoms with Crippen molar-refractivity contribution < 1.29 is 8.42 Å². The van der Waals surface area contributed by atoms with E-state index in [0.29, 0.717) is 21.3 Å². The van der Waals surface area contributed by atoms with Gasteiger partial charge < -0.3 is 0 Å². The van der Waals surface area contributed by atoms with E-state index in [1.165, 1.54) is 24.2 Å². The summed E-state index contributed by atoms with van der Waals surface area (Å²) in [6, 6.07) is 2.43. The SMILES string of the molecule is CCN(CCNS(=O)(=O)c1sccc1Br)C1CC1. The van der Waals surface area contributed by atoms with Crippen LogP contribution < -0.4 is 4.72 Å². The van der Waals surface area contributed by atoms with Gasteiger partial charge in [0.25, 0.3) is 10.0 Å². The van der Waals surface area contributed by atoms with Gasteiger partial charge in [-0.25, -0.2) is 13.1 Å². The molecule has 1 saturated carbocycles. The minimum atomic E-state index is -3.36. The Hall–Kier alpha value is 0.0500. The van der Waals surface area contributed by atoms with Gasteiger partial charge in [0.15, 0.2) is 0 Å². The number of rotatable bonds is 7. The van der Waals surface area contributed by atoms with Crippen LogP contribution in [-0.2, 0) is 10.0 Å². The van der Waals surface area contributed by atoms with E-state index < -0.39 is 10.0 Å². The van der Waals surface area contributed by atoms with E-state index in [9.17, 15) is 8.42 Å². The molecule has 0 radical (unpaired) electrons. The molecule has 0 aromatic carbocycles. The Morgan fingerprint density at radius 1 is 1.56 bits per heavy atom. The number of likely N-dealkylation sites (N-methyl/N-ethyl adjacent to an activating group) is 1. The van der Waals surface area contributed by atoms with Gasteiger partial charge in [0.2, 0.25) is 0 Å². The Morgan fingerprint density at radius 2 is 2.28 bits per heavy atom. The van der Waals surface area contributed by atoms with Crippen LogP contribution in [0.2, 0.25) is 0 Å². The zero-order valence-corrected chi connectivity index (χ0v) is 13.4. The van der Waals surface area contributed by atoms with Crippen LogP contribution in [0, 0.1) is 0 Å². The summed E-state index contributed by atoms with van der Waals surface area (Å²) in [6.07, 6.45) is 2.49. The lowest BCUT2D eigenvalue weighted by Gasteiger charge is -2.19. The summed E-state index contributed by atoms with van der Waals surface area (Å²) in [5.41, 5.74) is 0. The smallest absolute Gasteiger partial charge is 0.251 e. The lowest BCUT2D eigenvalue weighted by atomic mass is 10.4. The highest BCUT2D eigenvalue weighted by atomic mass is 79.9. The van der Waals surface area contributed by atoms with Crippen LogP contribution >= 0.6 is 27.3 Å². The van der Waals surface area contributed by atoms with Crippen molar-refractivity contribution in [1.29, 1.82) is 0 Å². The van der Waals surface area contributed by atoms with Crippen molar-refractivity contribution in [3.63, 3.8) is 0 Å². The van der Waals surface area contributed by atoms with Crippen molar-refractivity contribution in [2.24, 2.45) is 0 Å². The van der Waals surface area contributed by atoms with Crippen LogP contribution in [0.1, 0.15) is 19.8 Å². The molecule has 0 aliphatic heterocycles. The molecule has 102 valence electrons. The summed E-state index contributed by atoms with van der Waals surface area (Å²) in [6.45, 7) is 4.35. The lowest BCUT2D eigenvalue weighted by molar-refractivity contribution is 0.282. The predicted molar refractivity (Wildman–Crippen MR) is 77.5 cm³/mol. The van der Waals surface area contributed by atoms with Crippen LogP contribution in [0.15, 0.2) is 20.1 Å². The molecular weight excluding hydrogens is 336 g/mol. The average Bonchev–Trinajstić information content (AvgIpc) is 3.06. The van der Waals surface area contributed by atoms with E-state index in [0.717, 1.165) is 13.1 Å². The maximum atomic E-state index is 12.0. The van der Waals surface area contributed by atoms with Crippen LogP contribution in [0.5, 0.6) is 0 Å². The number of nitrogens with one attached hydrogen (secondary N) is 1. The molecule has 0 amide bonds. The van der Waals surface area contributed by atoms with Crippen molar-refractivity contribution in [3.8, 4) is 0 Å². The van der Waals surface area contributed by atoms with E-state index in [1.807, 2.05) is 0 Å². The number of hydrogen-bond donors (Lipinski definition) is 1. The fraction of sp³-hybridized carbons (Fsp3) is 0.636. The van der Waals surface area contributed by atoms with Gasteiger partial charge >= 0.3 is 0 Å². The van der Waals surface area contributed by atoms with E-state index in [2.05, 4.69) is 32.5 Å². The summed E-state index contributed by atoms with van der Waals surface area (Å²) in [5.74, 6) is 0. The third kappa shape index (κ3) is 3.54. The second-order valence-electron chi connectivity index (χ2n) is 4.31. The molecule has 1 aromatic heterocycles. The van der Waals surface area contributed by atoms with Gasteiger partial charge in [-0.1, -0.05) is 6.92 Å². The Bertz CT molecular complexity index is 497. The first-order chi connectivity index (χ1) is 8.54. The number of halogens is 1. The van der Waals surface area contributed by atoms with Gasteiger partial charge in [-0.2, -0.15) is 0 Å². The third-order valence-corrected chi connectivity index (χ3v) is 7.12. The van der Waals surface area contributed by atoms with Crippen molar-refractivity contribution in [2.45, 2.75) is 30.0 Å². The second kappa shape index (κ2) is 6.00. The maximum Gasteiger partial charge on any atom is 0.251 e. The minimum absolute atomic E-state index is 0.358. The van der Waals surface area contributed by atoms with Crippen LogP contribution in [0.4, 0.5) is 0 Å². The molecule has 0 saturated heterocycles. The second-order valence-corrected chi connectivity index (χ2v) is 8.05. The molecular formula is C11H17BrN2O2S2. The van der Waals surface area contributed by atoms with Gasteiger partial charge in [0, 0.05) is 23.6 Å². The highest BCUT2D eigenvalue weighted by Gasteiger charge is 2.27. The number of sulfonamides is 1. The molecule has 1 fully saturated rings. The zero-order valence-electron chi connectivity index (χ0n) is 10.2. The third-order valence-electron chi connectivity index (χ3n) is 2.99. The predicted octanol–water partition coefficient (Wildman–Crippen LogP) is 2.27. The first-order valence-corrected chi connectivity index (χ1v) is 9.17.